The molecular formula is C24H27N3O5. The lowest BCUT2D eigenvalue weighted by atomic mass is 10.1. The molecule has 2 heterocycles. The van der Waals surface area contributed by atoms with Crippen LogP contribution in [0.2, 0.25) is 0 Å². The van der Waals surface area contributed by atoms with Crippen molar-refractivity contribution in [1.29, 1.82) is 0 Å². The summed E-state index contributed by atoms with van der Waals surface area (Å²) in [6.07, 6.45) is 0.282. The number of aromatic nitrogens is 2. The van der Waals surface area contributed by atoms with Crippen molar-refractivity contribution in [3.05, 3.63) is 48.4 Å². The van der Waals surface area contributed by atoms with Gasteiger partial charge in [0.1, 0.15) is 17.2 Å². The Kier molecular flexibility index (Phi) is 6.30. The fourth-order valence-electron chi connectivity index (χ4n) is 3.59. The van der Waals surface area contributed by atoms with Crippen LogP contribution < -0.4 is 19.1 Å². The van der Waals surface area contributed by atoms with Gasteiger partial charge < -0.3 is 23.6 Å². The Labute approximate surface area is 187 Å². The van der Waals surface area contributed by atoms with Gasteiger partial charge in [-0.05, 0) is 42.3 Å². The highest BCUT2D eigenvalue weighted by Gasteiger charge is 2.36. The fraction of sp³-hybridized carbons (Fsp3) is 0.375. The molecule has 0 spiro atoms. The van der Waals surface area contributed by atoms with Crippen LogP contribution in [0.1, 0.15) is 32.1 Å². The molecule has 1 amide bonds. The first-order chi connectivity index (χ1) is 15.5. The van der Waals surface area contributed by atoms with Crippen molar-refractivity contribution in [2.45, 2.75) is 26.2 Å². The zero-order chi connectivity index (χ0) is 22.7. The number of rotatable bonds is 8. The molecule has 0 bridgehead atoms. The number of hydrogen-bond acceptors (Lipinski definition) is 7. The molecule has 1 unspecified atom stereocenters. The van der Waals surface area contributed by atoms with Gasteiger partial charge in [-0.1, -0.05) is 19.0 Å². The Morgan fingerprint density at radius 2 is 1.84 bits per heavy atom. The zero-order valence-electron chi connectivity index (χ0n) is 18.7. The molecule has 4 rings (SSSR count). The van der Waals surface area contributed by atoms with E-state index in [9.17, 15) is 4.79 Å². The summed E-state index contributed by atoms with van der Waals surface area (Å²) in [5.74, 6) is 3.21. The van der Waals surface area contributed by atoms with Crippen LogP contribution in [0.25, 0.3) is 11.4 Å². The number of ether oxygens (including phenoxy) is 3. The smallest absolute Gasteiger partial charge is 0.232 e. The van der Waals surface area contributed by atoms with E-state index in [0.717, 1.165) is 11.3 Å². The maximum absolute atomic E-state index is 12.8. The highest BCUT2D eigenvalue weighted by atomic mass is 16.5. The summed E-state index contributed by atoms with van der Waals surface area (Å²) in [7, 11) is 3.16. The topological polar surface area (TPSA) is 86.9 Å². The van der Waals surface area contributed by atoms with E-state index in [1.807, 2.05) is 24.3 Å². The van der Waals surface area contributed by atoms with Gasteiger partial charge in [-0.25, -0.2) is 0 Å². The number of carbonyl (C=O) groups is 1. The van der Waals surface area contributed by atoms with E-state index in [4.69, 9.17) is 18.7 Å². The highest BCUT2D eigenvalue weighted by Crippen LogP contribution is 2.38. The van der Waals surface area contributed by atoms with Crippen molar-refractivity contribution < 1.29 is 23.5 Å². The molecular weight excluding hydrogens is 410 g/mol. The Morgan fingerprint density at radius 3 is 2.53 bits per heavy atom. The van der Waals surface area contributed by atoms with Gasteiger partial charge in [-0.3, -0.25) is 4.79 Å². The van der Waals surface area contributed by atoms with E-state index in [-0.39, 0.29) is 18.2 Å². The molecule has 1 aromatic heterocycles. The highest BCUT2D eigenvalue weighted by molar-refractivity contribution is 5.98. The van der Waals surface area contributed by atoms with Crippen molar-refractivity contribution in [3.8, 4) is 28.6 Å². The normalized spacial score (nSPS) is 16.0. The average molecular weight is 437 g/mol. The van der Waals surface area contributed by atoms with Crippen LogP contribution in [0.4, 0.5) is 5.69 Å². The zero-order valence-corrected chi connectivity index (χ0v) is 18.7. The van der Waals surface area contributed by atoms with Gasteiger partial charge in [0.05, 0.1) is 32.4 Å². The first kappa shape index (κ1) is 21.7. The Bertz CT molecular complexity index is 1080. The number of amides is 1. The van der Waals surface area contributed by atoms with Crippen LogP contribution in [-0.4, -0.2) is 43.4 Å². The minimum Gasteiger partial charge on any atom is -0.497 e. The molecule has 1 atom stereocenters. The lowest BCUT2D eigenvalue weighted by Crippen LogP contribution is -2.24. The molecule has 1 aliphatic heterocycles. The number of anilines is 1. The monoisotopic (exact) mass is 437 g/mol. The van der Waals surface area contributed by atoms with Gasteiger partial charge in [0.15, 0.2) is 0 Å². The molecule has 8 heteroatoms. The molecule has 2 aromatic carbocycles. The SMILES string of the molecule is COc1ccc(OC)c(N2CC(c3nc(-c4ccc(OCC(C)C)cc4)no3)CC2=O)c1. The summed E-state index contributed by atoms with van der Waals surface area (Å²) in [5, 5.41) is 4.12. The second kappa shape index (κ2) is 9.30. The second-order valence-corrected chi connectivity index (χ2v) is 8.13. The predicted octanol–water partition coefficient (Wildman–Crippen LogP) is 4.31. The van der Waals surface area contributed by atoms with E-state index in [1.165, 1.54) is 0 Å². The molecule has 168 valence electrons. The maximum atomic E-state index is 12.8. The number of carbonyl (C=O) groups excluding carboxylic acids is 1. The van der Waals surface area contributed by atoms with Crippen LogP contribution in [0.15, 0.2) is 47.0 Å². The summed E-state index contributed by atoms with van der Waals surface area (Å²) in [6.45, 7) is 5.30. The average Bonchev–Trinajstić information content (AvgIpc) is 3.44. The van der Waals surface area contributed by atoms with Crippen molar-refractivity contribution >= 4 is 11.6 Å². The Hall–Kier alpha value is -3.55. The van der Waals surface area contributed by atoms with Crippen molar-refractivity contribution in [3.63, 3.8) is 0 Å². The Morgan fingerprint density at radius 1 is 1.09 bits per heavy atom. The predicted molar refractivity (Wildman–Crippen MR) is 119 cm³/mol. The van der Waals surface area contributed by atoms with Crippen molar-refractivity contribution in [1.82, 2.24) is 10.1 Å². The number of benzene rings is 2. The molecule has 1 aliphatic rings. The number of hydrogen-bond donors (Lipinski definition) is 0. The lowest BCUT2D eigenvalue weighted by molar-refractivity contribution is -0.117. The van der Waals surface area contributed by atoms with Crippen LogP contribution in [0, 0.1) is 5.92 Å². The summed E-state index contributed by atoms with van der Waals surface area (Å²) in [4.78, 5) is 19.0. The van der Waals surface area contributed by atoms with Crippen LogP contribution in [0.3, 0.4) is 0 Å². The third kappa shape index (κ3) is 4.54. The van der Waals surface area contributed by atoms with E-state index in [0.29, 0.717) is 48.0 Å². The van der Waals surface area contributed by atoms with Gasteiger partial charge in [0.25, 0.3) is 0 Å². The molecule has 0 radical (unpaired) electrons. The number of nitrogens with zero attached hydrogens (tertiary/aromatic N) is 3. The first-order valence-corrected chi connectivity index (χ1v) is 10.6. The van der Waals surface area contributed by atoms with Gasteiger partial charge in [0.2, 0.25) is 17.6 Å². The summed E-state index contributed by atoms with van der Waals surface area (Å²) >= 11 is 0. The van der Waals surface area contributed by atoms with E-state index in [2.05, 4.69) is 24.0 Å². The molecule has 1 saturated heterocycles. The van der Waals surface area contributed by atoms with Crippen molar-refractivity contribution in [2.75, 3.05) is 32.3 Å². The van der Waals surface area contributed by atoms with E-state index < -0.39 is 0 Å². The van der Waals surface area contributed by atoms with Crippen LogP contribution in [0.5, 0.6) is 17.2 Å². The number of methoxy groups -OCH3 is 2. The van der Waals surface area contributed by atoms with Gasteiger partial charge in [-0.2, -0.15) is 4.98 Å². The quantitative estimate of drug-likeness (QED) is 0.519. The molecule has 8 nitrogen and oxygen atoms in total. The van der Waals surface area contributed by atoms with Gasteiger partial charge >= 0.3 is 0 Å². The molecule has 3 aromatic rings. The van der Waals surface area contributed by atoms with Crippen LogP contribution >= 0.6 is 0 Å². The lowest BCUT2D eigenvalue weighted by Gasteiger charge is -2.20. The standard InChI is InChI=1S/C24H27N3O5/c1-15(2)14-31-18-7-5-16(6-8-18)23-25-24(32-26-23)17-11-22(28)27(13-17)20-12-19(29-3)9-10-21(20)30-4/h5-10,12,15,17H,11,13-14H2,1-4H3. The third-order valence-corrected chi connectivity index (χ3v) is 5.29. The van der Waals surface area contributed by atoms with Gasteiger partial charge in [0, 0.05) is 24.6 Å². The first-order valence-electron chi connectivity index (χ1n) is 10.6. The molecule has 1 fully saturated rings. The van der Waals surface area contributed by atoms with E-state index >= 15 is 0 Å². The summed E-state index contributed by atoms with van der Waals surface area (Å²) < 4.78 is 22.0. The largest absolute Gasteiger partial charge is 0.497 e. The molecule has 0 aliphatic carbocycles. The molecule has 0 N–H and O–H groups in total. The molecule has 0 saturated carbocycles. The second-order valence-electron chi connectivity index (χ2n) is 8.13. The van der Waals surface area contributed by atoms with Gasteiger partial charge in [-0.15, -0.1) is 0 Å². The summed E-state index contributed by atoms with van der Waals surface area (Å²) in [6, 6.07) is 13.0. The fourth-order valence-corrected chi connectivity index (χ4v) is 3.59. The van der Waals surface area contributed by atoms with E-state index in [1.54, 1.807) is 37.3 Å². The van der Waals surface area contributed by atoms with Crippen molar-refractivity contribution in [2.24, 2.45) is 5.92 Å². The maximum Gasteiger partial charge on any atom is 0.232 e. The third-order valence-electron chi connectivity index (χ3n) is 5.29. The van der Waals surface area contributed by atoms with Crippen LogP contribution in [-0.2, 0) is 4.79 Å². The minimum atomic E-state index is -0.201. The minimum absolute atomic E-state index is 0.0343. The Balaban J connectivity index is 1.49. The molecule has 32 heavy (non-hydrogen) atoms. The summed E-state index contributed by atoms with van der Waals surface area (Å²) in [5.41, 5.74) is 1.49.